The molecule has 3 heterocycles. The van der Waals surface area contributed by atoms with E-state index in [0.29, 0.717) is 11.8 Å². The maximum Gasteiger partial charge on any atom is 0.490 e. The number of carbonyl (C=O) groups excluding carboxylic acids is 2. The van der Waals surface area contributed by atoms with Crippen LogP contribution in [-0.2, 0) is 28.0 Å². The van der Waals surface area contributed by atoms with Crippen molar-refractivity contribution in [2.75, 3.05) is 32.7 Å². The van der Waals surface area contributed by atoms with Crippen LogP contribution in [0, 0.1) is 23.2 Å². The maximum absolute atomic E-state index is 13.6. The molecule has 212 valence electrons. The lowest BCUT2D eigenvalue weighted by molar-refractivity contribution is -0.192. The fraction of sp³-hybridized carbons (Fsp3) is 0.769. The summed E-state index contributed by atoms with van der Waals surface area (Å²) in [6.45, 7) is 4.84. The van der Waals surface area contributed by atoms with Gasteiger partial charge in [0.15, 0.2) is 0 Å². The first kappa shape index (κ1) is 28.4. The summed E-state index contributed by atoms with van der Waals surface area (Å²) in [4.78, 5) is 40.2. The van der Waals surface area contributed by atoms with Crippen molar-refractivity contribution < 1.29 is 32.7 Å². The Morgan fingerprint density at radius 3 is 2.39 bits per heavy atom. The number of alkyl halides is 3. The molecule has 38 heavy (non-hydrogen) atoms. The average molecular weight is 542 g/mol. The molecule has 2 saturated heterocycles. The minimum absolute atomic E-state index is 0.205. The van der Waals surface area contributed by atoms with Crippen LogP contribution < -0.4 is 5.32 Å². The number of likely N-dealkylation sites (tertiary alicyclic amines) is 2. The topological polar surface area (TPSA) is 108 Å². The second kappa shape index (κ2) is 11.6. The van der Waals surface area contributed by atoms with E-state index in [4.69, 9.17) is 9.90 Å². The predicted molar refractivity (Wildman–Crippen MR) is 132 cm³/mol. The van der Waals surface area contributed by atoms with E-state index >= 15 is 0 Å². The number of nitrogens with zero attached hydrogens (tertiary/aromatic N) is 4. The van der Waals surface area contributed by atoms with E-state index in [1.54, 1.807) is 0 Å². The summed E-state index contributed by atoms with van der Waals surface area (Å²) in [5.74, 6) is -1.09. The Labute approximate surface area is 220 Å². The van der Waals surface area contributed by atoms with Crippen molar-refractivity contribution in [2.45, 2.75) is 64.1 Å². The number of carboxylic acids is 1. The molecule has 1 aromatic heterocycles. The Hall–Kier alpha value is -2.63. The number of rotatable bonds is 6. The lowest BCUT2D eigenvalue weighted by atomic mass is 9.74. The van der Waals surface area contributed by atoms with Crippen LogP contribution >= 0.6 is 0 Å². The second-order valence-electron chi connectivity index (χ2n) is 11.4. The van der Waals surface area contributed by atoms with Gasteiger partial charge in [-0.25, -0.2) is 4.79 Å². The zero-order valence-corrected chi connectivity index (χ0v) is 21.9. The van der Waals surface area contributed by atoms with Crippen molar-refractivity contribution >= 4 is 17.8 Å². The van der Waals surface area contributed by atoms with Crippen molar-refractivity contribution in [1.82, 2.24) is 24.9 Å². The first-order chi connectivity index (χ1) is 18.0. The van der Waals surface area contributed by atoms with Crippen LogP contribution in [0.1, 0.15) is 56.9 Å². The van der Waals surface area contributed by atoms with Crippen LogP contribution in [0.4, 0.5) is 13.2 Å². The highest BCUT2D eigenvalue weighted by Gasteiger charge is 2.53. The molecule has 2 atom stereocenters. The van der Waals surface area contributed by atoms with Gasteiger partial charge in [-0.1, -0.05) is 12.8 Å². The van der Waals surface area contributed by atoms with Gasteiger partial charge in [0.25, 0.3) is 0 Å². The highest BCUT2D eigenvalue weighted by atomic mass is 19.4. The van der Waals surface area contributed by atoms with E-state index in [9.17, 15) is 22.8 Å². The zero-order chi connectivity index (χ0) is 27.5. The van der Waals surface area contributed by atoms with Gasteiger partial charge in [-0.3, -0.25) is 19.2 Å². The Morgan fingerprint density at radius 1 is 1.13 bits per heavy atom. The highest BCUT2D eigenvalue weighted by Crippen LogP contribution is 2.44. The van der Waals surface area contributed by atoms with E-state index in [1.807, 2.05) is 17.9 Å². The van der Waals surface area contributed by atoms with Crippen LogP contribution in [0.15, 0.2) is 12.4 Å². The number of aryl methyl sites for hydroxylation is 1. The molecular weight excluding hydrogens is 503 g/mol. The van der Waals surface area contributed by atoms with Crippen LogP contribution in [0.3, 0.4) is 0 Å². The smallest absolute Gasteiger partial charge is 0.475 e. The maximum atomic E-state index is 13.6. The standard InChI is InChI=1S/C24H37N5O2.C2HF3O2/c1-27-13-19(12-26-27)14-28-15-21-16-29(22(30)20-5-2-3-6-20)10-4-9-24(21,17-28)23(31)25-11-18-7-8-18;3-2(4,5)1(6)7/h12-13,18,20-21H,2-11,14-17H2,1H3,(H,25,31);(H,6,7)/t21-,24+;/m1./s1. The number of carboxylic acid groups (broad SMARTS) is 1. The SMILES string of the molecule is Cn1cc(CN2C[C@@H]3CN(C(=O)C4CCCC4)CCC[C@]3(C(=O)NCC3CC3)C2)cn1.O=C(O)C(F)(F)F. The number of carbonyl (C=O) groups is 3. The Bertz CT molecular complexity index is 1010. The molecule has 12 heteroatoms. The van der Waals surface area contributed by atoms with Gasteiger partial charge >= 0.3 is 12.1 Å². The number of amides is 2. The fourth-order valence-electron chi connectivity index (χ4n) is 6.21. The number of aromatic nitrogens is 2. The third-order valence-corrected chi connectivity index (χ3v) is 8.38. The largest absolute Gasteiger partial charge is 0.490 e. The molecule has 5 rings (SSSR count). The van der Waals surface area contributed by atoms with E-state index < -0.39 is 12.1 Å². The normalized spacial score (nSPS) is 26.3. The summed E-state index contributed by atoms with van der Waals surface area (Å²) in [5, 5.41) is 14.7. The summed E-state index contributed by atoms with van der Waals surface area (Å²) in [5.41, 5.74) is 0.813. The molecule has 2 aliphatic carbocycles. The molecule has 2 aliphatic heterocycles. The van der Waals surface area contributed by atoms with Gasteiger partial charge in [0.1, 0.15) is 0 Å². The minimum Gasteiger partial charge on any atom is -0.475 e. The van der Waals surface area contributed by atoms with Crippen molar-refractivity contribution in [3.05, 3.63) is 18.0 Å². The molecule has 0 spiro atoms. The van der Waals surface area contributed by atoms with E-state index in [0.717, 1.165) is 65.0 Å². The molecule has 2 amide bonds. The quantitative estimate of drug-likeness (QED) is 0.574. The fourth-order valence-corrected chi connectivity index (χ4v) is 6.21. The lowest BCUT2D eigenvalue weighted by Gasteiger charge is -2.33. The van der Waals surface area contributed by atoms with Crippen molar-refractivity contribution in [3.8, 4) is 0 Å². The number of hydrogen-bond acceptors (Lipinski definition) is 5. The van der Waals surface area contributed by atoms with Gasteiger partial charge in [-0.2, -0.15) is 18.3 Å². The summed E-state index contributed by atoms with van der Waals surface area (Å²) >= 11 is 0. The summed E-state index contributed by atoms with van der Waals surface area (Å²) < 4.78 is 33.6. The van der Waals surface area contributed by atoms with E-state index in [2.05, 4.69) is 26.4 Å². The van der Waals surface area contributed by atoms with Crippen LogP contribution in [-0.4, -0.2) is 81.4 Å². The molecule has 1 aromatic rings. The van der Waals surface area contributed by atoms with Gasteiger partial charge in [0.05, 0.1) is 11.6 Å². The summed E-state index contributed by atoms with van der Waals surface area (Å²) in [6, 6.07) is 0. The first-order valence-electron chi connectivity index (χ1n) is 13.5. The van der Waals surface area contributed by atoms with Gasteiger partial charge < -0.3 is 15.3 Å². The average Bonchev–Trinajstić information content (AvgIpc) is 3.23. The molecule has 0 radical (unpaired) electrons. The van der Waals surface area contributed by atoms with Crippen molar-refractivity contribution in [2.24, 2.45) is 30.2 Å². The monoisotopic (exact) mass is 541 g/mol. The number of hydrogen-bond donors (Lipinski definition) is 2. The Morgan fingerprint density at radius 2 is 1.82 bits per heavy atom. The minimum atomic E-state index is -5.08. The Kier molecular flexibility index (Phi) is 8.68. The third-order valence-electron chi connectivity index (χ3n) is 8.38. The Balaban J connectivity index is 0.000000426. The summed E-state index contributed by atoms with van der Waals surface area (Å²) in [6.07, 6.45) is 7.63. The van der Waals surface area contributed by atoms with Crippen molar-refractivity contribution in [1.29, 1.82) is 0 Å². The number of halogens is 3. The molecule has 4 aliphatic rings. The molecule has 0 bridgehead atoms. The highest BCUT2D eigenvalue weighted by molar-refractivity contribution is 5.84. The molecule has 9 nitrogen and oxygen atoms in total. The van der Waals surface area contributed by atoms with Gasteiger partial charge in [-0.05, 0) is 44.4 Å². The van der Waals surface area contributed by atoms with Gasteiger partial charge in [0, 0.05) is 69.9 Å². The van der Waals surface area contributed by atoms with Gasteiger partial charge in [-0.15, -0.1) is 0 Å². The lowest BCUT2D eigenvalue weighted by Crippen LogP contribution is -2.49. The van der Waals surface area contributed by atoms with E-state index in [1.165, 1.54) is 31.2 Å². The molecule has 2 N–H and O–H groups in total. The van der Waals surface area contributed by atoms with Crippen molar-refractivity contribution in [3.63, 3.8) is 0 Å². The first-order valence-corrected chi connectivity index (χ1v) is 13.5. The molecule has 0 unspecified atom stereocenters. The summed E-state index contributed by atoms with van der Waals surface area (Å²) in [7, 11) is 1.94. The van der Waals surface area contributed by atoms with Gasteiger partial charge in [0.2, 0.25) is 11.8 Å². The molecule has 0 aromatic carbocycles. The van der Waals surface area contributed by atoms with Crippen LogP contribution in [0.5, 0.6) is 0 Å². The van der Waals surface area contributed by atoms with E-state index in [-0.39, 0.29) is 23.2 Å². The number of nitrogens with one attached hydrogen (secondary N) is 1. The van der Waals surface area contributed by atoms with Crippen LogP contribution in [0.2, 0.25) is 0 Å². The number of aliphatic carboxylic acids is 1. The predicted octanol–water partition coefficient (Wildman–Crippen LogP) is 2.81. The second-order valence-corrected chi connectivity index (χ2v) is 11.4. The molecule has 2 saturated carbocycles. The number of fused-ring (bicyclic) bond motifs is 1. The molecular formula is C26H38F3N5O4. The molecule has 4 fully saturated rings. The third kappa shape index (κ3) is 6.86. The van der Waals surface area contributed by atoms with Crippen LogP contribution in [0.25, 0.3) is 0 Å². The zero-order valence-electron chi connectivity index (χ0n) is 21.9.